The topological polar surface area (TPSA) is 24.3 Å². The number of para-hydroxylation sites is 3. The minimum atomic E-state index is 0.0283. The molecule has 0 radical (unpaired) electrons. The highest BCUT2D eigenvalue weighted by Crippen LogP contribution is 2.44. The van der Waals surface area contributed by atoms with E-state index in [2.05, 4.69) is 169 Å². The van der Waals surface area contributed by atoms with E-state index in [-0.39, 0.29) is 5.54 Å². The fourth-order valence-corrected chi connectivity index (χ4v) is 7.38. The maximum absolute atomic E-state index is 4.87. The van der Waals surface area contributed by atoms with Crippen LogP contribution in [0.5, 0.6) is 0 Å². The summed E-state index contributed by atoms with van der Waals surface area (Å²) in [4.78, 5) is 12.2. The Hall–Kier alpha value is -5.00. The van der Waals surface area contributed by atoms with E-state index in [9.17, 15) is 0 Å². The Kier molecular flexibility index (Phi) is 6.65. The van der Waals surface area contributed by atoms with Gasteiger partial charge in [0.1, 0.15) is 5.82 Å². The molecule has 7 aromatic rings. The first-order valence-corrected chi connectivity index (χ1v) is 16.2. The second-order valence-electron chi connectivity index (χ2n) is 12.6. The first-order valence-electron chi connectivity index (χ1n) is 15.4. The van der Waals surface area contributed by atoms with Gasteiger partial charge < -0.3 is 9.80 Å². The number of benzene rings is 5. The van der Waals surface area contributed by atoms with Crippen molar-refractivity contribution in [2.45, 2.75) is 36.1 Å². The minimum absolute atomic E-state index is 0.0283. The summed E-state index contributed by atoms with van der Waals surface area (Å²) in [6.45, 7) is 7.67. The zero-order valence-corrected chi connectivity index (χ0v) is 26.5. The van der Waals surface area contributed by atoms with Crippen molar-refractivity contribution in [3.63, 3.8) is 0 Å². The second kappa shape index (κ2) is 10.9. The number of aromatic nitrogens is 2. The van der Waals surface area contributed by atoms with Gasteiger partial charge in [-0.2, -0.15) is 0 Å². The van der Waals surface area contributed by atoms with Gasteiger partial charge in [0.2, 0.25) is 0 Å². The van der Waals surface area contributed by atoms with E-state index in [1.54, 1.807) is 11.8 Å². The van der Waals surface area contributed by atoms with Gasteiger partial charge in [-0.25, -0.2) is 4.98 Å². The number of hydrogen-bond donors (Lipinski definition) is 0. The predicted molar refractivity (Wildman–Crippen MR) is 190 cm³/mol. The summed E-state index contributed by atoms with van der Waals surface area (Å²) in [7, 11) is 0. The molecule has 3 heterocycles. The average molecular weight is 603 g/mol. The van der Waals surface area contributed by atoms with Crippen molar-refractivity contribution in [3.05, 3.63) is 140 Å². The SMILES string of the molecule is CC(C)(C)N1CN(c2cccc(Sc3ccc4c5ccccc5n(-c5cc(-c6ccccc6)ccn5)c4c3)c2)c2ccccc21. The van der Waals surface area contributed by atoms with Crippen LogP contribution in [-0.2, 0) is 0 Å². The largest absolute Gasteiger partial charge is 0.347 e. The number of hydrogen-bond acceptors (Lipinski definition) is 4. The van der Waals surface area contributed by atoms with Crippen molar-refractivity contribution < 1.29 is 0 Å². The molecule has 0 saturated heterocycles. The van der Waals surface area contributed by atoms with Gasteiger partial charge in [0, 0.05) is 38.0 Å². The lowest BCUT2D eigenvalue weighted by atomic mass is 10.1. The van der Waals surface area contributed by atoms with E-state index in [1.807, 2.05) is 6.20 Å². The zero-order valence-electron chi connectivity index (χ0n) is 25.7. The van der Waals surface area contributed by atoms with Crippen molar-refractivity contribution in [1.29, 1.82) is 0 Å². The zero-order chi connectivity index (χ0) is 30.5. The van der Waals surface area contributed by atoms with Crippen LogP contribution in [0.4, 0.5) is 17.1 Å². The van der Waals surface area contributed by atoms with Crippen LogP contribution in [0.3, 0.4) is 0 Å². The van der Waals surface area contributed by atoms with Crippen LogP contribution in [0.15, 0.2) is 149 Å². The Morgan fingerprint density at radius 2 is 1.33 bits per heavy atom. The summed E-state index contributed by atoms with van der Waals surface area (Å²) in [6.07, 6.45) is 1.92. The highest BCUT2D eigenvalue weighted by Gasteiger charge is 2.33. The molecule has 0 atom stereocenters. The molecule has 5 aromatic carbocycles. The lowest BCUT2D eigenvalue weighted by Crippen LogP contribution is -2.42. The fraction of sp³-hybridized carbons (Fsp3) is 0.125. The maximum Gasteiger partial charge on any atom is 0.138 e. The monoisotopic (exact) mass is 602 g/mol. The van der Waals surface area contributed by atoms with E-state index >= 15 is 0 Å². The van der Waals surface area contributed by atoms with Crippen LogP contribution >= 0.6 is 11.8 Å². The molecule has 0 saturated carbocycles. The van der Waals surface area contributed by atoms with E-state index in [4.69, 9.17) is 4.98 Å². The Bertz CT molecular complexity index is 2180. The van der Waals surface area contributed by atoms with Gasteiger partial charge in [-0.15, -0.1) is 0 Å². The lowest BCUT2D eigenvalue weighted by molar-refractivity contribution is 0.518. The van der Waals surface area contributed by atoms with Crippen molar-refractivity contribution >= 4 is 50.6 Å². The highest BCUT2D eigenvalue weighted by molar-refractivity contribution is 7.99. The van der Waals surface area contributed by atoms with E-state index in [0.717, 1.165) is 29.1 Å². The van der Waals surface area contributed by atoms with Crippen molar-refractivity contribution in [3.8, 4) is 16.9 Å². The molecule has 0 spiro atoms. The van der Waals surface area contributed by atoms with Crippen LogP contribution in [0, 0.1) is 0 Å². The number of fused-ring (bicyclic) bond motifs is 4. The minimum Gasteiger partial charge on any atom is -0.347 e. The average Bonchev–Trinajstić information content (AvgIpc) is 3.62. The molecule has 45 heavy (non-hydrogen) atoms. The quantitative estimate of drug-likeness (QED) is 0.196. The van der Waals surface area contributed by atoms with Crippen molar-refractivity contribution in [2.24, 2.45) is 0 Å². The molecule has 1 aliphatic rings. The third kappa shape index (κ3) is 4.94. The molecule has 4 nitrogen and oxygen atoms in total. The van der Waals surface area contributed by atoms with Crippen molar-refractivity contribution in [2.75, 3.05) is 16.5 Å². The number of nitrogens with zero attached hydrogens (tertiary/aromatic N) is 4. The summed E-state index contributed by atoms with van der Waals surface area (Å²) < 4.78 is 2.31. The molecule has 0 unspecified atom stereocenters. The molecule has 0 N–H and O–H groups in total. The Labute approximate surface area is 268 Å². The van der Waals surface area contributed by atoms with Crippen LogP contribution in [0.2, 0.25) is 0 Å². The summed E-state index contributed by atoms with van der Waals surface area (Å²) in [6, 6.07) is 47.9. The Balaban J connectivity index is 1.18. The standard InChI is InChI=1S/C40H34N4S/c1-40(2,3)43-27-42(36-18-9-10-19-37(36)43)30-14-11-15-31(25-30)45-32-20-21-34-33-16-7-8-17-35(33)44(38(34)26-32)39-24-29(22-23-41-39)28-12-5-4-6-13-28/h4-26H,27H2,1-3H3. The summed E-state index contributed by atoms with van der Waals surface area (Å²) >= 11 is 1.80. The number of rotatable bonds is 5. The molecule has 1 aliphatic heterocycles. The van der Waals surface area contributed by atoms with Crippen LogP contribution in [0.1, 0.15) is 20.8 Å². The van der Waals surface area contributed by atoms with Crippen LogP contribution < -0.4 is 9.80 Å². The van der Waals surface area contributed by atoms with E-state index < -0.39 is 0 Å². The third-order valence-electron chi connectivity index (χ3n) is 8.65. The van der Waals surface area contributed by atoms with Gasteiger partial charge in [0.05, 0.1) is 29.1 Å². The molecule has 0 amide bonds. The maximum atomic E-state index is 4.87. The molecule has 8 rings (SSSR count). The molecule has 0 bridgehead atoms. The third-order valence-corrected chi connectivity index (χ3v) is 9.63. The first kappa shape index (κ1) is 27.5. The molecule has 0 fully saturated rings. The van der Waals surface area contributed by atoms with Gasteiger partial charge >= 0.3 is 0 Å². The normalized spacial score (nSPS) is 13.1. The molecule has 0 aliphatic carbocycles. The molecule has 2 aromatic heterocycles. The van der Waals surface area contributed by atoms with Gasteiger partial charge in [-0.1, -0.05) is 84.6 Å². The van der Waals surface area contributed by atoms with Gasteiger partial charge in [0.25, 0.3) is 0 Å². The fourth-order valence-electron chi connectivity index (χ4n) is 6.47. The molecular formula is C40H34N4S. The summed E-state index contributed by atoms with van der Waals surface area (Å²) in [5.74, 6) is 0.919. The highest BCUT2D eigenvalue weighted by atomic mass is 32.2. The summed E-state index contributed by atoms with van der Waals surface area (Å²) in [5, 5.41) is 2.46. The van der Waals surface area contributed by atoms with Crippen LogP contribution in [0.25, 0.3) is 38.8 Å². The molecule has 5 heteroatoms. The van der Waals surface area contributed by atoms with Gasteiger partial charge in [-0.3, -0.25) is 4.57 Å². The van der Waals surface area contributed by atoms with Crippen molar-refractivity contribution in [1.82, 2.24) is 9.55 Å². The Morgan fingerprint density at radius 3 is 2.18 bits per heavy atom. The second-order valence-corrected chi connectivity index (χ2v) is 13.7. The molecular weight excluding hydrogens is 569 g/mol. The lowest BCUT2D eigenvalue weighted by Gasteiger charge is -2.34. The Morgan fingerprint density at radius 1 is 0.600 bits per heavy atom. The van der Waals surface area contributed by atoms with E-state index in [1.165, 1.54) is 43.2 Å². The summed E-state index contributed by atoms with van der Waals surface area (Å²) in [5.41, 5.74) is 8.43. The number of anilines is 3. The first-order chi connectivity index (χ1) is 21.9. The van der Waals surface area contributed by atoms with Gasteiger partial charge in [0.15, 0.2) is 0 Å². The predicted octanol–water partition coefficient (Wildman–Crippen LogP) is 10.7. The smallest absolute Gasteiger partial charge is 0.138 e. The van der Waals surface area contributed by atoms with Gasteiger partial charge in [-0.05, 0) is 92.6 Å². The van der Waals surface area contributed by atoms with E-state index in [0.29, 0.717) is 0 Å². The number of pyridine rings is 1. The molecule has 220 valence electrons. The van der Waals surface area contributed by atoms with Crippen LogP contribution in [-0.4, -0.2) is 21.8 Å².